The van der Waals surface area contributed by atoms with Gasteiger partial charge in [-0.05, 0) is 38.7 Å². The lowest BCUT2D eigenvalue weighted by Gasteiger charge is -2.22. The Morgan fingerprint density at radius 2 is 1.96 bits per heavy atom. The van der Waals surface area contributed by atoms with Gasteiger partial charge in [0.15, 0.2) is 0 Å². The van der Waals surface area contributed by atoms with E-state index < -0.39 is 0 Å². The highest BCUT2D eigenvalue weighted by Gasteiger charge is 2.27. The number of hydrogen-bond donors (Lipinski definition) is 0. The van der Waals surface area contributed by atoms with E-state index in [1.54, 1.807) is 24.0 Å². The minimum Gasteiger partial charge on any atom is -0.466 e. The Bertz CT molecular complexity index is 902. The van der Waals surface area contributed by atoms with Crippen LogP contribution < -0.4 is 5.56 Å². The van der Waals surface area contributed by atoms with Crippen LogP contribution in [0.25, 0.3) is 10.8 Å². The molecule has 0 spiro atoms. The van der Waals surface area contributed by atoms with Crippen molar-refractivity contribution >= 4 is 22.6 Å². The molecule has 0 bridgehead atoms. The van der Waals surface area contributed by atoms with Gasteiger partial charge in [-0.25, -0.2) is 4.68 Å². The van der Waals surface area contributed by atoms with Gasteiger partial charge in [-0.15, -0.1) is 0 Å². The van der Waals surface area contributed by atoms with Crippen LogP contribution in [0.1, 0.15) is 31.9 Å². The smallest absolute Gasteiger partial charge is 0.307 e. The summed E-state index contributed by atoms with van der Waals surface area (Å²) in [5.41, 5.74) is 0.430. The van der Waals surface area contributed by atoms with Gasteiger partial charge >= 0.3 is 5.97 Å². The zero-order chi connectivity index (χ0) is 19.4. The van der Waals surface area contributed by atoms with Crippen LogP contribution in [0, 0.1) is 12.8 Å². The highest BCUT2D eigenvalue weighted by atomic mass is 16.5. The molecule has 0 aliphatic heterocycles. The normalized spacial score (nSPS) is 13.6. The Kier molecular flexibility index (Phi) is 5.88. The number of fused-ring (bicyclic) bond motifs is 1. The van der Waals surface area contributed by atoms with Crippen molar-refractivity contribution in [1.29, 1.82) is 0 Å². The molecule has 1 aliphatic carbocycles. The number of ether oxygens (including phenoxy) is 1. The van der Waals surface area contributed by atoms with Crippen LogP contribution in [0.2, 0.25) is 0 Å². The summed E-state index contributed by atoms with van der Waals surface area (Å²) in [6, 6.07) is 7.26. The van der Waals surface area contributed by atoms with E-state index in [2.05, 4.69) is 5.10 Å². The van der Waals surface area contributed by atoms with Crippen molar-refractivity contribution in [3.05, 3.63) is 40.3 Å². The van der Waals surface area contributed by atoms with Crippen molar-refractivity contribution < 1.29 is 14.3 Å². The third-order valence-electron chi connectivity index (χ3n) is 4.76. The Morgan fingerprint density at radius 1 is 1.26 bits per heavy atom. The molecule has 0 saturated heterocycles. The highest BCUT2D eigenvalue weighted by Crippen LogP contribution is 2.29. The Morgan fingerprint density at radius 3 is 2.63 bits per heavy atom. The predicted molar refractivity (Wildman–Crippen MR) is 101 cm³/mol. The summed E-state index contributed by atoms with van der Waals surface area (Å²) in [5.74, 6) is -0.0300. The maximum Gasteiger partial charge on any atom is 0.307 e. The summed E-state index contributed by atoms with van der Waals surface area (Å²) < 4.78 is 6.18. The third kappa shape index (κ3) is 4.72. The monoisotopic (exact) mass is 371 g/mol. The summed E-state index contributed by atoms with van der Waals surface area (Å²) >= 11 is 0. The van der Waals surface area contributed by atoms with Gasteiger partial charge in [0.05, 0.1) is 24.1 Å². The fourth-order valence-electron chi connectivity index (χ4n) is 3.13. The second kappa shape index (κ2) is 8.33. The van der Waals surface area contributed by atoms with Crippen molar-refractivity contribution in [3.8, 4) is 0 Å². The summed E-state index contributed by atoms with van der Waals surface area (Å²) in [7, 11) is 0. The molecule has 0 atom stereocenters. The van der Waals surface area contributed by atoms with E-state index >= 15 is 0 Å². The maximum atomic E-state index is 12.8. The van der Waals surface area contributed by atoms with Crippen molar-refractivity contribution in [2.24, 2.45) is 5.92 Å². The summed E-state index contributed by atoms with van der Waals surface area (Å²) in [4.78, 5) is 38.8. The molecule has 1 saturated carbocycles. The van der Waals surface area contributed by atoms with E-state index in [4.69, 9.17) is 4.74 Å². The molecule has 1 fully saturated rings. The minimum atomic E-state index is -0.317. The second-order valence-electron chi connectivity index (χ2n) is 6.93. The number of carbonyl (C=O) groups is 2. The van der Waals surface area contributed by atoms with E-state index in [0.717, 1.165) is 18.2 Å². The molecule has 2 aromatic rings. The molecule has 0 radical (unpaired) electrons. The molecule has 27 heavy (non-hydrogen) atoms. The minimum absolute atomic E-state index is 0.125. The number of hydrogen-bond acceptors (Lipinski definition) is 5. The van der Waals surface area contributed by atoms with Crippen molar-refractivity contribution in [3.63, 3.8) is 0 Å². The largest absolute Gasteiger partial charge is 0.466 e. The quantitative estimate of drug-likeness (QED) is 0.662. The van der Waals surface area contributed by atoms with Gasteiger partial charge in [-0.3, -0.25) is 14.4 Å². The fourth-order valence-corrected chi connectivity index (χ4v) is 3.13. The molecular weight excluding hydrogens is 346 g/mol. The average molecular weight is 371 g/mol. The molecule has 0 unspecified atom stereocenters. The van der Waals surface area contributed by atoms with Gasteiger partial charge in [0.1, 0.15) is 6.54 Å². The lowest BCUT2D eigenvalue weighted by atomic mass is 10.1. The van der Waals surface area contributed by atoms with Gasteiger partial charge < -0.3 is 9.64 Å². The second-order valence-corrected chi connectivity index (χ2v) is 6.93. The maximum absolute atomic E-state index is 12.8. The number of esters is 1. The van der Waals surface area contributed by atoms with Crippen LogP contribution in [0.4, 0.5) is 0 Å². The average Bonchev–Trinajstić information content (AvgIpc) is 3.47. The molecule has 1 amide bonds. The van der Waals surface area contributed by atoms with Gasteiger partial charge in [0.25, 0.3) is 5.56 Å². The lowest BCUT2D eigenvalue weighted by Crippen LogP contribution is -2.40. The molecule has 1 heterocycles. The Labute approximate surface area is 157 Å². The van der Waals surface area contributed by atoms with E-state index in [1.807, 2.05) is 19.1 Å². The predicted octanol–water partition coefficient (Wildman–Crippen LogP) is 1.90. The number of aromatic nitrogens is 2. The summed E-state index contributed by atoms with van der Waals surface area (Å²) in [5, 5.41) is 5.66. The molecule has 7 heteroatoms. The molecule has 1 aliphatic rings. The van der Waals surface area contributed by atoms with Crippen LogP contribution in [-0.4, -0.2) is 46.3 Å². The fraction of sp³-hybridized carbons (Fsp3) is 0.500. The first-order valence-corrected chi connectivity index (χ1v) is 9.39. The standard InChI is InChI=1S/C20H25N3O4/c1-3-27-19(25)10-11-22(12-15-8-9-15)18(24)13-23-20(26)17-7-5-4-6-16(17)14(2)21-23/h4-7,15H,3,8-13H2,1-2H3. The van der Waals surface area contributed by atoms with E-state index in [-0.39, 0.29) is 30.4 Å². The summed E-state index contributed by atoms with van der Waals surface area (Å²) in [6.07, 6.45) is 2.35. The number of rotatable bonds is 8. The third-order valence-corrected chi connectivity index (χ3v) is 4.76. The van der Waals surface area contributed by atoms with Crippen LogP contribution >= 0.6 is 0 Å². The molecule has 3 rings (SSSR count). The molecule has 0 N–H and O–H groups in total. The first-order chi connectivity index (χ1) is 13.0. The molecule has 7 nitrogen and oxygen atoms in total. The van der Waals surface area contributed by atoms with E-state index in [9.17, 15) is 14.4 Å². The van der Waals surface area contributed by atoms with E-state index in [1.165, 1.54) is 4.68 Å². The van der Waals surface area contributed by atoms with Crippen LogP contribution in [0.15, 0.2) is 29.1 Å². The summed E-state index contributed by atoms with van der Waals surface area (Å²) in [6.45, 7) is 4.69. The van der Waals surface area contributed by atoms with Crippen LogP contribution in [0.3, 0.4) is 0 Å². The first-order valence-electron chi connectivity index (χ1n) is 9.39. The van der Waals surface area contributed by atoms with Gasteiger partial charge in [-0.2, -0.15) is 5.10 Å². The zero-order valence-corrected chi connectivity index (χ0v) is 15.8. The number of carbonyl (C=O) groups excluding carboxylic acids is 2. The van der Waals surface area contributed by atoms with Crippen molar-refractivity contribution in [2.45, 2.75) is 39.7 Å². The first kappa shape index (κ1) is 19.1. The van der Waals surface area contributed by atoms with Gasteiger partial charge in [0.2, 0.25) is 5.91 Å². The number of amides is 1. The number of benzene rings is 1. The zero-order valence-electron chi connectivity index (χ0n) is 15.8. The lowest BCUT2D eigenvalue weighted by molar-refractivity contribution is -0.144. The Hall–Kier alpha value is -2.70. The molecular formula is C20H25N3O4. The molecule has 1 aromatic heterocycles. The highest BCUT2D eigenvalue weighted by molar-refractivity contribution is 5.83. The van der Waals surface area contributed by atoms with Gasteiger partial charge in [0, 0.05) is 18.5 Å². The van der Waals surface area contributed by atoms with Gasteiger partial charge in [-0.1, -0.05) is 18.2 Å². The molecule has 1 aromatic carbocycles. The topological polar surface area (TPSA) is 81.5 Å². The van der Waals surface area contributed by atoms with E-state index in [0.29, 0.717) is 36.7 Å². The number of nitrogens with zero attached hydrogens (tertiary/aromatic N) is 3. The van der Waals surface area contributed by atoms with Crippen molar-refractivity contribution in [1.82, 2.24) is 14.7 Å². The number of aryl methyl sites for hydroxylation is 1. The van der Waals surface area contributed by atoms with Crippen LogP contribution in [0.5, 0.6) is 0 Å². The SMILES string of the molecule is CCOC(=O)CCN(CC1CC1)C(=O)Cn1nc(C)c2ccccc2c1=O. The van der Waals surface area contributed by atoms with Crippen molar-refractivity contribution in [2.75, 3.05) is 19.7 Å². The Balaban J connectivity index is 1.76. The van der Waals surface area contributed by atoms with Crippen LogP contribution in [-0.2, 0) is 20.9 Å². The molecule has 144 valence electrons.